The van der Waals surface area contributed by atoms with Crippen molar-refractivity contribution in [2.24, 2.45) is 11.5 Å². The first-order chi connectivity index (χ1) is 16.7. The molecule has 0 bridgehead atoms. The Balaban J connectivity index is 1.62. The summed E-state index contributed by atoms with van der Waals surface area (Å²) in [5, 5.41) is 14.0. The van der Waals surface area contributed by atoms with Gasteiger partial charge in [-0.05, 0) is 17.7 Å². The summed E-state index contributed by atoms with van der Waals surface area (Å²) < 4.78 is 6.37. The van der Waals surface area contributed by atoms with Crippen LogP contribution in [0, 0.1) is 0 Å². The molecule has 2 amide bonds. The topological polar surface area (TPSA) is 192 Å². The highest BCUT2D eigenvalue weighted by Gasteiger charge is 2.22. The normalized spacial score (nSPS) is 11.3. The number of carbonyl (C=O) groups is 3. The molecule has 182 valence electrons. The molecule has 12 heteroatoms. The summed E-state index contributed by atoms with van der Waals surface area (Å²) >= 11 is 0. The fraction of sp³-hybridized carbons (Fsp3) is 0.174. The van der Waals surface area contributed by atoms with Crippen LogP contribution in [0.3, 0.4) is 0 Å². The predicted molar refractivity (Wildman–Crippen MR) is 125 cm³/mol. The maximum Gasteiger partial charge on any atom is 0.408 e. The molecule has 0 saturated carbocycles. The minimum absolute atomic E-state index is 0.0382. The van der Waals surface area contributed by atoms with Crippen LogP contribution in [0.4, 0.5) is 4.79 Å². The molecule has 0 unspecified atom stereocenters. The number of carboxylic acids is 1. The van der Waals surface area contributed by atoms with Crippen LogP contribution in [0.15, 0.2) is 65.6 Å². The minimum atomic E-state index is -1.44. The van der Waals surface area contributed by atoms with Crippen LogP contribution in [0.5, 0.6) is 0 Å². The number of carbonyl (C=O) groups excluding carboxylic acids is 2. The third kappa shape index (κ3) is 7.05. The van der Waals surface area contributed by atoms with E-state index in [4.69, 9.17) is 16.2 Å². The van der Waals surface area contributed by atoms with E-state index in [9.17, 15) is 24.3 Å². The van der Waals surface area contributed by atoms with Crippen molar-refractivity contribution < 1.29 is 29.2 Å². The van der Waals surface area contributed by atoms with Crippen LogP contribution in [0.25, 0.3) is 5.52 Å². The molecule has 0 aliphatic rings. The lowest BCUT2D eigenvalue weighted by atomic mass is 10.2. The van der Waals surface area contributed by atoms with Crippen LogP contribution < -0.4 is 32.7 Å². The van der Waals surface area contributed by atoms with E-state index >= 15 is 0 Å². The van der Waals surface area contributed by atoms with E-state index in [-0.39, 0.29) is 18.1 Å². The Labute approximate surface area is 199 Å². The number of nitrogens with one attached hydrogen (secondary N) is 3. The Kier molecular flexibility index (Phi) is 8.01. The van der Waals surface area contributed by atoms with E-state index in [1.165, 1.54) is 10.5 Å². The van der Waals surface area contributed by atoms with Crippen molar-refractivity contribution in [1.82, 2.24) is 15.0 Å². The van der Waals surface area contributed by atoms with Gasteiger partial charge in [0.05, 0.1) is 6.54 Å². The van der Waals surface area contributed by atoms with Crippen LogP contribution >= 0.6 is 0 Å². The van der Waals surface area contributed by atoms with Gasteiger partial charge in [0.2, 0.25) is 0 Å². The van der Waals surface area contributed by atoms with Gasteiger partial charge in [-0.25, -0.2) is 9.59 Å². The summed E-state index contributed by atoms with van der Waals surface area (Å²) in [5.41, 5.74) is 12.2. The van der Waals surface area contributed by atoms with Gasteiger partial charge in [0, 0.05) is 35.5 Å². The number of amides is 2. The number of rotatable bonds is 9. The average Bonchev–Trinajstić information content (AvgIpc) is 2.84. The van der Waals surface area contributed by atoms with Gasteiger partial charge in [0.25, 0.3) is 11.5 Å². The molecule has 35 heavy (non-hydrogen) atoms. The summed E-state index contributed by atoms with van der Waals surface area (Å²) in [4.78, 5) is 51.3. The smallest absolute Gasteiger partial charge is 0.408 e. The highest BCUT2D eigenvalue weighted by atomic mass is 16.5. The molecule has 0 saturated heterocycles. The zero-order valence-electron chi connectivity index (χ0n) is 18.6. The van der Waals surface area contributed by atoms with Crippen molar-refractivity contribution in [2.45, 2.75) is 19.2 Å². The number of hydrogen-bond acceptors (Lipinski definition) is 5. The molecule has 0 aliphatic heterocycles. The fourth-order valence-electron chi connectivity index (χ4n) is 3.11. The maximum atomic E-state index is 12.6. The average molecular weight is 481 g/mol. The Morgan fingerprint density at radius 3 is 2.49 bits per heavy atom. The third-order valence-corrected chi connectivity index (χ3v) is 4.89. The molecule has 2 heterocycles. The summed E-state index contributed by atoms with van der Waals surface area (Å²) in [6.45, 7) is -0.151. The molecule has 3 rings (SSSR count). The SMILES string of the molecule is NC(N)=[NH+]Cc1ccc2cc(C(=O)NC[C@H](NC(=O)OCc3ccccc3)C(=O)O)cc(=O)n2c1. The molecule has 12 nitrogen and oxygen atoms in total. The molecule has 0 radical (unpaired) electrons. The van der Waals surface area contributed by atoms with E-state index in [1.807, 2.05) is 6.07 Å². The fourth-order valence-corrected chi connectivity index (χ4v) is 3.11. The predicted octanol–water partition coefficient (Wildman–Crippen LogP) is -1.74. The van der Waals surface area contributed by atoms with Crippen LogP contribution in [0.1, 0.15) is 21.5 Å². The molecule has 1 aromatic carbocycles. The first kappa shape index (κ1) is 24.8. The number of guanidine groups is 1. The van der Waals surface area contributed by atoms with E-state index in [0.717, 1.165) is 17.2 Å². The van der Waals surface area contributed by atoms with Crippen molar-refractivity contribution >= 4 is 29.4 Å². The first-order valence-corrected chi connectivity index (χ1v) is 10.5. The lowest BCUT2D eigenvalue weighted by Gasteiger charge is -2.15. The summed E-state index contributed by atoms with van der Waals surface area (Å²) in [5.74, 6) is -1.99. The highest BCUT2D eigenvalue weighted by Crippen LogP contribution is 2.07. The number of alkyl carbamates (subject to hydrolysis) is 1. The van der Waals surface area contributed by atoms with E-state index in [2.05, 4.69) is 15.6 Å². The number of aliphatic carboxylic acids is 1. The molecular formula is C23H25N6O6+. The first-order valence-electron chi connectivity index (χ1n) is 10.5. The summed E-state index contributed by atoms with van der Waals surface area (Å²) in [7, 11) is 0. The zero-order chi connectivity index (χ0) is 25.4. The van der Waals surface area contributed by atoms with E-state index in [1.54, 1.807) is 42.6 Å². The van der Waals surface area contributed by atoms with Gasteiger partial charge in [0.1, 0.15) is 12.6 Å². The number of nitrogens with two attached hydrogens (primary N) is 2. The van der Waals surface area contributed by atoms with Crippen LogP contribution in [-0.4, -0.2) is 46.0 Å². The molecule has 0 fully saturated rings. The summed E-state index contributed by atoms with van der Waals surface area (Å²) in [6, 6.07) is 13.4. The number of hydrogen-bond donors (Lipinski definition) is 6. The van der Waals surface area contributed by atoms with Crippen LogP contribution in [0.2, 0.25) is 0 Å². The second-order valence-corrected chi connectivity index (χ2v) is 7.53. The van der Waals surface area contributed by atoms with Crippen LogP contribution in [-0.2, 0) is 22.7 Å². The molecule has 3 aromatic rings. The Morgan fingerprint density at radius 1 is 1.06 bits per heavy atom. The number of nitrogens with zero attached hydrogens (tertiary/aromatic N) is 1. The molecule has 0 spiro atoms. The van der Waals surface area contributed by atoms with E-state index in [0.29, 0.717) is 12.1 Å². The monoisotopic (exact) mass is 481 g/mol. The number of ether oxygens (including phenoxy) is 1. The number of fused-ring (bicyclic) bond motifs is 1. The highest BCUT2D eigenvalue weighted by molar-refractivity contribution is 5.95. The largest absolute Gasteiger partial charge is 0.480 e. The second-order valence-electron chi connectivity index (χ2n) is 7.53. The van der Waals surface area contributed by atoms with Gasteiger partial charge in [-0.3, -0.25) is 30.4 Å². The van der Waals surface area contributed by atoms with Gasteiger partial charge in [-0.15, -0.1) is 0 Å². The minimum Gasteiger partial charge on any atom is -0.480 e. The Morgan fingerprint density at radius 2 is 1.80 bits per heavy atom. The van der Waals surface area contributed by atoms with Crippen molar-refractivity contribution in [3.63, 3.8) is 0 Å². The van der Waals surface area contributed by atoms with Gasteiger partial charge in [-0.2, -0.15) is 0 Å². The quantitative estimate of drug-likeness (QED) is 0.153. The second kappa shape index (κ2) is 11.3. The lowest BCUT2D eigenvalue weighted by molar-refractivity contribution is -0.477. The van der Waals surface area contributed by atoms with Gasteiger partial charge in [0.15, 0.2) is 0 Å². The molecular weight excluding hydrogens is 456 g/mol. The van der Waals surface area contributed by atoms with Gasteiger partial charge >= 0.3 is 18.0 Å². The maximum absolute atomic E-state index is 12.6. The molecule has 2 aromatic heterocycles. The van der Waals surface area contributed by atoms with Gasteiger partial charge < -0.3 is 20.5 Å². The molecule has 1 atom stereocenters. The van der Waals surface area contributed by atoms with Crippen molar-refractivity contribution in [3.05, 3.63) is 87.8 Å². The molecule has 8 N–H and O–H groups in total. The number of aromatic nitrogens is 1. The van der Waals surface area contributed by atoms with Crippen molar-refractivity contribution in [1.29, 1.82) is 0 Å². The number of pyridine rings is 2. The van der Waals surface area contributed by atoms with Gasteiger partial charge in [-0.1, -0.05) is 36.4 Å². The standard InChI is InChI=1S/C23H24N6O6/c24-22(25)27-10-15-6-7-17-8-16(9-19(30)29(17)12-15)20(31)26-11-18(21(32)33)28-23(34)35-13-14-4-2-1-3-5-14/h1-9,12,18H,10-11,13H2,(H,26,31)(H,28,34)(H,32,33)(H4,24,25,27)/p+1/t18-/m0/s1. The van der Waals surface area contributed by atoms with Crippen molar-refractivity contribution in [2.75, 3.05) is 6.54 Å². The zero-order valence-corrected chi connectivity index (χ0v) is 18.6. The lowest BCUT2D eigenvalue weighted by Crippen LogP contribution is -2.76. The third-order valence-electron chi connectivity index (χ3n) is 4.89. The summed E-state index contributed by atoms with van der Waals surface area (Å²) in [6.07, 6.45) is 0.638. The Hall–Kier alpha value is -4.87. The van der Waals surface area contributed by atoms with E-state index < -0.39 is 36.1 Å². The molecule has 0 aliphatic carbocycles. The Bertz CT molecular complexity index is 1320. The number of carboxylic acid groups (broad SMARTS) is 1. The van der Waals surface area contributed by atoms with Crippen molar-refractivity contribution in [3.8, 4) is 0 Å². The number of benzene rings is 1.